The zero-order valence-electron chi connectivity index (χ0n) is 7.26. The van der Waals surface area contributed by atoms with Crippen LogP contribution in [0, 0.1) is 5.41 Å². The molecule has 1 aromatic heterocycles. The van der Waals surface area contributed by atoms with Crippen molar-refractivity contribution in [1.29, 1.82) is 5.41 Å². The van der Waals surface area contributed by atoms with E-state index in [9.17, 15) is 9.90 Å². The van der Waals surface area contributed by atoms with E-state index in [-0.39, 0.29) is 16.7 Å². The average Bonchev–Trinajstić information content (AvgIpc) is 2.60. The van der Waals surface area contributed by atoms with E-state index in [0.717, 1.165) is 24.0 Å². The molecule has 0 fully saturated rings. The molecule has 1 aliphatic heterocycles. The zero-order valence-corrected chi connectivity index (χ0v) is 8.07. The second kappa shape index (κ2) is 2.42. The molecule has 1 aliphatic carbocycles. The van der Waals surface area contributed by atoms with Crippen LogP contribution in [-0.4, -0.2) is 15.1 Å². The molecule has 14 heavy (non-hydrogen) atoms. The van der Waals surface area contributed by atoms with Crippen molar-refractivity contribution in [2.24, 2.45) is 0 Å². The molecular weight excluding hydrogens is 200 g/mol. The summed E-state index contributed by atoms with van der Waals surface area (Å²) in [6.07, 6.45) is 1.72. The number of hydrogen-bond acceptors (Lipinski definition) is 4. The molecule has 0 aromatic carbocycles. The highest BCUT2D eigenvalue weighted by atomic mass is 32.2. The lowest BCUT2D eigenvalue weighted by molar-refractivity contribution is 0.445. The maximum absolute atomic E-state index is 11.5. The third kappa shape index (κ3) is 0.803. The number of aromatic nitrogens is 1. The molecule has 1 unspecified atom stereocenters. The number of rotatable bonds is 0. The van der Waals surface area contributed by atoms with Gasteiger partial charge >= 0.3 is 0 Å². The summed E-state index contributed by atoms with van der Waals surface area (Å²) in [6.45, 7) is 0. The standard InChI is InChI=1S/C9H8N2O2S/c10-7-6-5-3(1-2-4(5)14-7)8(12)11-9(6)13/h4,10H,1-2H2,(H2,11,12,13). The Morgan fingerprint density at radius 1 is 1.57 bits per heavy atom. The van der Waals surface area contributed by atoms with Gasteiger partial charge in [-0.1, -0.05) is 11.8 Å². The number of thioether (sulfide) groups is 1. The van der Waals surface area contributed by atoms with Gasteiger partial charge in [-0.3, -0.25) is 15.2 Å². The molecule has 3 N–H and O–H groups in total. The number of aromatic amines is 1. The third-order valence-electron chi connectivity index (χ3n) is 2.80. The Balaban J connectivity index is 2.45. The first-order chi connectivity index (χ1) is 6.68. The highest BCUT2D eigenvalue weighted by molar-refractivity contribution is 8.15. The van der Waals surface area contributed by atoms with Crippen molar-refractivity contribution in [3.63, 3.8) is 0 Å². The Kier molecular flexibility index (Phi) is 1.40. The highest BCUT2D eigenvalue weighted by Gasteiger charge is 2.38. The predicted molar refractivity (Wildman–Crippen MR) is 54.2 cm³/mol. The van der Waals surface area contributed by atoms with Crippen molar-refractivity contribution in [1.82, 2.24) is 4.98 Å². The number of aromatic hydroxyl groups is 1. The summed E-state index contributed by atoms with van der Waals surface area (Å²) in [7, 11) is 0. The minimum Gasteiger partial charge on any atom is -0.494 e. The van der Waals surface area contributed by atoms with Crippen LogP contribution in [0.25, 0.3) is 0 Å². The molecule has 3 rings (SSSR count). The summed E-state index contributed by atoms with van der Waals surface area (Å²) in [5, 5.41) is 17.8. The van der Waals surface area contributed by atoms with Gasteiger partial charge in [0.05, 0.1) is 5.56 Å². The number of H-pyrrole nitrogens is 1. The molecule has 5 heteroatoms. The van der Waals surface area contributed by atoms with Crippen LogP contribution in [0.4, 0.5) is 0 Å². The van der Waals surface area contributed by atoms with Gasteiger partial charge in [0.2, 0.25) is 0 Å². The van der Waals surface area contributed by atoms with E-state index >= 15 is 0 Å². The quantitative estimate of drug-likeness (QED) is 0.598. The topological polar surface area (TPSA) is 76.9 Å². The molecule has 0 bridgehead atoms. The Morgan fingerprint density at radius 2 is 2.36 bits per heavy atom. The van der Waals surface area contributed by atoms with Gasteiger partial charge < -0.3 is 5.11 Å². The Morgan fingerprint density at radius 3 is 3.14 bits per heavy atom. The summed E-state index contributed by atoms with van der Waals surface area (Å²) < 4.78 is 0. The molecule has 2 aliphatic rings. The van der Waals surface area contributed by atoms with Crippen molar-refractivity contribution in [3.8, 4) is 5.88 Å². The average molecular weight is 208 g/mol. The maximum Gasteiger partial charge on any atom is 0.261 e. The molecular formula is C9H8N2O2S. The molecule has 0 amide bonds. The lowest BCUT2D eigenvalue weighted by Crippen LogP contribution is -2.15. The van der Waals surface area contributed by atoms with Crippen LogP contribution < -0.4 is 5.56 Å². The van der Waals surface area contributed by atoms with Crippen molar-refractivity contribution in [2.75, 3.05) is 0 Å². The van der Waals surface area contributed by atoms with Crippen LogP contribution in [-0.2, 0) is 6.42 Å². The normalized spacial score (nSPS) is 22.9. The van der Waals surface area contributed by atoms with Gasteiger partial charge in [0.15, 0.2) is 5.88 Å². The van der Waals surface area contributed by atoms with Crippen molar-refractivity contribution in [2.45, 2.75) is 18.1 Å². The molecule has 0 radical (unpaired) electrons. The third-order valence-corrected chi connectivity index (χ3v) is 4.00. The van der Waals surface area contributed by atoms with Gasteiger partial charge in [-0.15, -0.1) is 0 Å². The summed E-state index contributed by atoms with van der Waals surface area (Å²) >= 11 is 1.42. The lowest BCUT2D eigenvalue weighted by Gasteiger charge is -2.02. The van der Waals surface area contributed by atoms with Crippen molar-refractivity contribution in [3.05, 3.63) is 27.0 Å². The van der Waals surface area contributed by atoms with Gasteiger partial charge in [-0.05, 0) is 18.4 Å². The maximum atomic E-state index is 11.5. The van der Waals surface area contributed by atoms with Crippen molar-refractivity contribution >= 4 is 16.8 Å². The van der Waals surface area contributed by atoms with E-state index in [1.165, 1.54) is 11.8 Å². The summed E-state index contributed by atoms with van der Waals surface area (Å²) in [4.78, 5) is 13.9. The van der Waals surface area contributed by atoms with Crippen LogP contribution in [0.1, 0.15) is 28.4 Å². The van der Waals surface area contributed by atoms with Crippen LogP contribution >= 0.6 is 11.8 Å². The molecule has 1 aromatic rings. The van der Waals surface area contributed by atoms with Gasteiger partial charge in [-0.2, -0.15) is 0 Å². The first-order valence-electron chi connectivity index (χ1n) is 4.42. The SMILES string of the molecule is N=C1SC2CCc3c(O)[nH]c(=O)c1c32. The Labute approximate surface area is 83.9 Å². The number of hydrogen-bond donors (Lipinski definition) is 3. The predicted octanol–water partition coefficient (Wildman–Crippen LogP) is 1.14. The minimum atomic E-state index is -0.330. The Hall–Kier alpha value is -1.23. The van der Waals surface area contributed by atoms with Gasteiger partial charge in [0, 0.05) is 10.8 Å². The minimum absolute atomic E-state index is 0.00782. The molecule has 0 saturated heterocycles. The summed E-state index contributed by atoms with van der Waals surface area (Å²) in [5.74, 6) is -0.00782. The van der Waals surface area contributed by atoms with Crippen molar-refractivity contribution < 1.29 is 5.11 Å². The van der Waals surface area contributed by atoms with E-state index in [0.29, 0.717) is 10.6 Å². The summed E-state index contributed by atoms with van der Waals surface area (Å²) in [6, 6.07) is 0. The van der Waals surface area contributed by atoms with Crippen LogP contribution in [0.5, 0.6) is 5.88 Å². The molecule has 0 spiro atoms. The fourth-order valence-electron chi connectivity index (χ4n) is 2.22. The van der Waals surface area contributed by atoms with E-state index in [4.69, 9.17) is 5.41 Å². The van der Waals surface area contributed by atoms with Crippen LogP contribution in [0.15, 0.2) is 4.79 Å². The second-order valence-electron chi connectivity index (χ2n) is 3.54. The second-order valence-corrected chi connectivity index (χ2v) is 4.76. The van der Waals surface area contributed by atoms with Crippen LogP contribution in [0.2, 0.25) is 0 Å². The first-order valence-corrected chi connectivity index (χ1v) is 5.30. The molecule has 2 heterocycles. The summed E-state index contributed by atoms with van der Waals surface area (Å²) in [5.41, 5.74) is 1.88. The van der Waals surface area contributed by atoms with Gasteiger partial charge in [0.25, 0.3) is 5.56 Å². The van der Waals surface area contributed by atoms with E-state index in [1.54, 1.807) is 0 Å². The van der Waals surface area contributed by atoms with Gasteiger partial charge in [-0.25, -0.2) is 0 Å². The molecule has 4 nitrogen and oxygen atoms in total. The first kappa shape index (κ1) is 8.11. The number of nitrogens with one attached hydrogen (secondary N) is 2. The largest absolute Gasteiger partial charge is 0.494 e. The Bertz CT molecular complexity index is 506. The van der Waals surface area contributed by atoms with E-state index in [1.807, 2.05) is 0 Å². The molecule has 0 saturated carbocycles. The molecule has 1 atom stereocenters. The van der Waals surface area contributed by atoms with E-state index in [2.05, 4.69) is 4.98 Å². The van der Waals surface area contributed by atoms with E-state index < -0.39 is 0 Å². The highest BCUT2D eigenvalue weighted by Crippen LogP contribution is 2.50. The zero-order chi connectivity index (χ0) is 9.87. The molecule has 72 valence electrons. The fourth-order valence-corrected chi connectivity index (χ4v) is 3.44. The monoisotopic (exact) mass is 208 g/mol. The fraction of sp³-hybridized carbons (Fsp3) is 0.333. The van der Waals surface area contributed by atoms with Gasteiger partial charge in [0.1, 0.15) is 5.04 Å². The number of pyridine rings is 1. The lowest BCUT2D eigenvalue weighted by atomic mass is 10.1. The smallest absolute Gasteiger partial charge is 0.261 e. The van der Waals surface area contributed by atoms with Crippen LogP contribution in [0.3, 0.4) is 0 Å².